The van der Waals surface area contributed by atoms with E-state index < -0.39 is 0 Å². The maximum absolute atomic E-state index is 12.8. The van der Waals surface area contributed by atoms with Crippen LogP contribution in [0.1, 0.15) is 31.6 Å². The van der Waals surface area contributed by atoms with Crippen LogP contribution in [-0.4, -0.2) is 46.0 Å². The zero-order chi connectivity index (χ0) is 20.9. The van der Waals surface area contributed by atoms with Crippen molar-refractivity contribution in [2.24, 2.45) is 0 Å². The number of amides is 2. The molecule has 2 aromatic carbocycles. The summed E-state index contributed by atoms with van der Waals surface area (Å²) in [5, 5.41) is 2.94. The molecule has 1 aromatic heterocycles. The summed E-state index contributed by atoms with van der Waals surface area (Å²) in [6.45, 7) is 3.63. The number of ether oxygens (including phenoxy) is 1. The molecular weight excluding hydrogens is 380 g/mol. The Kier molecular flexibility index (Phi) is 5.97. The van der Waals surface area contributed by atoms with Crippen LogP contribution in [0.5, 0.6) is 5.75 Å². The Morgan fingerprint density at radius 2 is 1.77 bits per heavy atom. The van der Waals surface area contributed by atoms with Crippen LogP contribution in [0.3, 0.4) is 0 Å². The predicted molar refractivity (Wildman–Crippen MR) is 114 cm³/mol. The number of likely N-dealkylation sites (tertiary alicyclic amines) is 1. The molecule has 7 heteroatoms. The molecule has 2 amide bonds. The summed E-state index contributed by atoms with van der Waals surface area (Å²) in [6, 6.07) is 16.6. The molecule has 1 N–H and O–H groups in total. The SMILES string of the molecule is CC(NC(=O)COc1ccccc1)c1nc2ccccc2n1CC(=O)N1CCCC1. The third-order valence-electron chi connectivity index (χ3n) is 5.31. The Labute approximate surface area is 175 Å². The number of carbonyl (C=O) groups is 2. The summed E-state index contributed by atoms with van der Waals surface area (Å²) in [7, 11) is 0. The summed E-state index contributed by atoms with van der Waals surface area (Å²) >= 11 is 0. The Balaban J connectivity index is 1.49. The smallest absolute Gasteiger partial charge is 0.258 e. The van der Waals surface area contributed by atoms with E-state index in [9.17, 15) is 9.59 Å². The predicted octanol–water partition coefficient (Wildman–Crippen LogP) is 2.91. The molecule has 2 heterocycles. The maximum Gasteiger partial charge on any atom is 0.258 e. The van der Waals surface area contributed by atoms with Gasteiger partial charge >= 0.3 is 0 Å². The van der Waals surface area contributed by atoms with Gasteiger partial charge in [0.15, 0.2) is 6.61 Å². The van der Waals surface area contributed by atoms with E-state index in [1.807, 2.05) is 58.9 Å². The topological polar surface area (TPSA) is 76.5 Å². The van der Waals surface area contributed by atoms with Crippen LogP contribution in [0.25, 0.3) is 11.0 Å². The average molecular weight is 406 g/mol. The largest absolute Gasteiger partial charge is 0.484 e. The molecule has 1 atom stereocenters. The third-order valence-corrected chi connectivity index (χ3v) is 5.31. The number of carbonyl (C=O) groups excluding carboxylic acids is 2. The van der Waals surface area contributed by atoms with Gasteiger partial charge in [-0.15, -0.1) is 0 Å². The second-order valence-corrected chi connectivity index (χ2v) is 7.52. The van der Waals surface area contributed by atoms with Crippen molar-refractivity contribution in [3.8, 4) is 5.75 Å². The molecule has 156 valence electrons. The average Bonchev–Trinajstić information content (AvgIpc) is 3.42. The zero-order valence-electron chi connectivity index (χ0n) is 17.1. The standard InChI is InChI=1S/C23H26N4O3/c1-17(24-21(28)16-30-18-9-3-2-4-10-18)23-25-19-11-5-6-12-20(19)27(23)15-22(29)26-13-7-8-14-26/h2-6,9-12,17H,7-8,13-16H2,1H3,(H,24,28). The number of rotatable bonds is 7. The molecule has 1 aliphatic heterocycles. The lowest BCUT2D eigenvalue weighted by Crippen LogP contribution is -2.35. The second kappa shape index (κ2) is 8.98. The van der Waals surface area contributed by atoms with Gasteiger partial charge in [0.2, 0.25) is 5.91 Å². The Hall–Kier alpha value is -3.35. The van der Waals surface area contributed by atoms with Gasteiger partial charge in [-0.2, -0.15) is 0 Å². The number of para-hydroxylation sites is 3. The molecule has 4 rings (SSSR count). The first-order valence-electron chi connectivity index (χ1n) is 10.3. The molecule has 1 fully saturated rings. The van der Waals surface area contributed by atoms with Crippen LogP contribution < -0.4 is 10.1 Å². The first kappa shape index (κ1) is 19.9. The number of aromatic nitrogens is 2. The summed E-state index contributed by atoms with van der Waals surface area (Å²) in [4.78, 5) is 31.8. The highest BCUT2D eigenvalue weighted by Gasteiger charge is 2.23. The third kappa shape index (κ3) is 4.45. The lowest BCUT2D eigenvalue weighted by molar-refractivity contribution is -0.130. The van der Waals surface area contributed by atoms with Crippen molar-refractivity contribution >= 4 is 22.8 Å². The molecule has 30 heavy (non-hydrogen) atoms. The number of fused-ring (bicyclic) bond motifs is 1. The summed E-state index contributed by atoms with van der Waals surface area (Å²) in [6.07, 6.45) is 2.11. The molecule has 1 saturated heterocycles. The van der Waals surface area contributed by atoms with Crippen molar-refractivity contribution in [3.05, 3.63) is 60.4 Å². The van der Waals surface area contributed by atoms with E-state index in [1.54, 1.807) is 12.1 Å². The summed E-state index contributed by atoms with van der Waals surface area (Å²) in [5.41, 5.74) is 1.70. The van der Waals surface area contributed by atoms with Crippen molar-refractivity contribution < 1.29 is 14.3 Å². The molecular formula is C23H26N4O3. The van der Waals surface area contributed by atoms with Gasteiger partial charge in [-0.25, -0.2) is 4.98 Å². The lowest BCUT2D eigenvalue weighted by Gasteiger charge is -2.19. The van der Waals surface area contributed by atoms with Gasteiger partial charge in [0.05, 0.1) is 17.1 Å². The minimum Gasteiger partial charge on any atom is -0.484 e. The van der Waals surface area contributed by atoms with Crippen LogP contribution in [0.15, 0.2) is 54.6 Å². The highest BCUT2D eigenvalue weighted by atomic mass is 16.5. The van der Waals surface area contributed by atoms with Crippen molar-refractivity contribution in [1.82, 2.24) is 19.8 Å². The Morgan fingerprint density at radius 1 is 1.07 bits per heavy atom. The first-order valence-corrected chi connectivity index (χ1v) is 10.3. The molecule has 3 aromatic rings. The fraction of sp³-hybridized carbons (Fsp3) is 0.348. The number of imidazole rings is 1. The molecule has 0 spiro atoms. The lowest BCUT2D eigenvalue weighted by atomic mass is 10.3. The monoisotopic (exact) mass is 406 g/mol. The van der Waals surface area contributed by atoms with Gasteiger partial charge in [-0.05, 0) is 44.0 Å². The van der Waals surface area contributed by atoms with E-state index in [2.05, 4.69) is 5.32 Å². The Bertz CT molecular complexity index is 1030. The van der Waals surface area contributed by atoms with Gasteiger partial charge in [0.25, 0.3) is 5.91 Å². The van der Waals surface area contributed by atoms with Gasteiger partial charge in [-0.3, -0.25) is 9.59 Å². The van der Waals surface area contributed by atoms with Crippen LogP contribution in [0.4, 0.5) is 0 Å². The van der Waals surface area contributed by atoms with Crippen molar-refractivity contribution in [3.63, 3.8) is 0 Å². The molecule has 0 radical (unpaired) electrons. The molecule has 0 bridgehead atoms. The maximum atomic E-state index is 12.8. The quantitative estimate of drug-likeness (QED) is 0.655. The molecule has 7 nitrogen and oxygen atoms in total. The zero-order valence-corrected chi connectivity index (χ0v) is 17.1. The van der Waals surface area contributed by atoms with Gasteiger partial charge < -0.3 is 19.5 Å². The van der Waals surface area contributed by atoms with Crippen molar-refractivity contribution in [1.29, 1.82) is 0 Å². The summed E-state index contributed by atoms with van der Waals surface area (Å²) in [5.74, 6) is 1.15. The van der Waals surface area contributed by atoms with Crippen molar-refractivity contribution in [2.75, 3.05) is 19.7 Å². The minimum absolute atomic E-state index is 0.0821. The highest BCUT2D eigenvalue weighted by molar-refractivity contribution is 5.82. The number of hydrogen-bond acceptors (Lipinski definition) is 4. The highest BCUT2D eigenvalue weighted by Crippen LogP contribution is 2.22. The van der Waals surface area contributed by atoms with E-state index >= 15 is 0 Å². The number of nitrogens with zero attached hydrogens (tertiary/aromatic N) is 3. The van der Waals surface area contributed by atoms with Crippen LogP contribution in [0, 0.1) is 0 Å². The van der Waals surface area contributed by atoms with Gasteiger partial charge in [-0.1, -0.05) is 30.3 Å². The fourth-order valence-electron chi connectivity index (χ4n) is 3.81. The molecule has 1 aliphatic rings. The van der Waals surface area contributed by atoms with E-state index in [0.29, 0.717) is 11.6 Å². The minimum atomic E-state index is -0.365. The van der Waals surface area contributed by atoms with Crippen molar-refractivity contribution in [2.45, 2.75) is 32.4 Å². The molecule has 0 aliphatic carbocycles. The fourth-order valence-corrected chi connectivity index (χ4v) is 3.81. The van der Waals surface area contributed by atoms with Crippen LogP contribution >= 0.6 is 0 Å². The first-order chi connectivity index (χ1) is 14.6. The Morgan fingerprint density at radius 3 is 2.53 bits per heavy atom. The normalized spacial score (nSPS) is 14.6. The van der Waals surface area contributed by atoms with Gasteiger partial charge in [0.1, 0.15) is 18.1 Å². The molecule has 0 saturated carbocycles. The molecule has 1 unspecified atom stereocenters. The second-order valence-electron chi connectivity index (χ2n) is 7.52. The van der Waals surface area contributed by atoms with E-state index in [1.165, 1.54) is 0 Å². The van der Waals surface area contributed by atoms with E-state index in [4.69, 9.17) is 9.72 Å². The number of nitrogens with one attached hydrogen (secondary N) is 1. The number of hydrogen-bond donors (Lipinski definition) is 1. The number of benzene rings is 2. The van der Waals surface area contributed by atoms with Crippen LogP contribution in [-0.2, 0) is 16.1 Å². The summed E-state index contributed by atoms with van der Waals surface area (Å²) < 4.78 is 7.44. The van der Waals surface area contributed by atoms with Crippen LogP contribution in [0.2, 0.25) is 0 Å². The van der Waals surface area contributed by atoms with Gasteiger partial charge in [0, 0.05) is 13.1 Å². The van der Waals surface area contributed by atoms with E-state index in [0.717, 1.165) is 37.0 Å². The van der Waals surface area contributed by atoms with E-state index in [-0.39, 0.29) is 31.0 Å².